The molecule has 1 fully saturated rings. The Morgan fingerprint density at radius 1 is 1.19 bits per heavy atom. The molecular weight excluding hydrogens is 366 g/mol. The van der Waals surface area contributed by atoms with Crippen LogP contribution in [0.2, 0.25) is 0 Å². The maximum atomic E-state index is 13.0. The molecule has 3 rings (SSSR count). The van der Waals surface area contributed by atoms with Crippen molar-refractivity contribution in [3.63, 3.8) is 0 Å². The van der Waals surface area contributed by atoms with Gasteiger partial charge in [0.2, 0.25) is 21.8 Å². The largest absolute Gasteiger partial charge is 0.358 e. The average molecular weight is 394 g/mol. The molecule has 0 saturated carbocycles. The van der Waals surface area contributed by atoms with Crippen molar-refractivity contribution in [1.82, 2.24) is 14.5 Å². The lowest BCUT2D eigenvalue weighted by atomic mass is 9.97. The van der Waals surface area contributed by atoms with E-state index in [-0.39, 0.29) is 24.3 Å². The number of hydrogen-bond donors (Lipinski definition) is 1. The van der Waals surface area contributed by atoms with Gasteiger partial charge in [0.05, 0.1) is 11.4 Å². The van der Waals surface area contributed by atoms with Crippen LogP contribution in [0.4, 0.5) is 0 Å². The Kier molecular flexibility index (Phi) is 5.86. The highest BCUT2D eigenvalue weighted by molar-refractivity contribution is 7.89. The van der Waals surface area contributed by atoms with E-state index in [0.717, 1.165) is 24.8 Å². The van der Waals surface area contributed by atoms with Crippen LogP contribution in [0.5, 0.6) is 0 Å². The van der Waals surface area contributed by atoms with Crippen LogP contribution in [-0.2, 0) is 32.5 Å². The highest BCUT2D eigenvalue weighted by Crippen LogP contribution is 2.29. The van der Waals surface area contributed by atoms with E-state index < -0.39 is 10.0 Å². The van der Waals surface area contributed by atoms with E-state index in [4.69, 9.17) is 0 Å². The Bertz CT molecular complexity index is 829. The molecule has 1 N–H and O–H groups in total. The fourth-order valence-corrected chi connectivity index (χ4v) is 5.41. The van der Waals surface area contributed by atoms with E-state index in [0.29, 0.717) is 30.8 Å². The number of fused-ring (bicyclic) bond motifs is 1. The molecule has 1 aliphatic carbocycles. The van der Waals surface area contributed by atoms with Crippen LogP contribution in [-0.4, -0.2) is 63.2 Å². The predicted octanol–water partition coefficient (Wildman–Crippen LogP) is 0.780. The topological polar surface area (TPSA) is 86.8 Å². The summed E-state index contributed by atoms with van der Waals surface area (Å²) in [7, 11) is -0.398. The van der Waals surface area contributed by atoms with Crippen molar-refractivity contribution < 1.29 is 18.0 Å². The first-order valence-corrected chi connectivity index (χ1v) is 10.8. The molecule has 0 radical (unpaired) electrons. The van der Waals surface area contributed by atoms with E-state index in [1.807, 2.05) is 12.1 Å². The number of sulfonamides is 1. The molecule has 0 bridgehead atoms. The molecule has 0 aromatic heterocycles. The summed E-state index contributed by atoms with van der Waals surface area (Å²) in [6.07, 6.45) is 3.98. The standard InChI is InChI=1S/C19H27N3O4S/c1-20-18(23)13-21(2)19(24)15-8-10-22(11-9-15)27(25,26)17-7-6-14-4-3-5-16(14)12-17/h6-7,12,15H,3-5,8-11,13H2,1-2H3,(H,20,23). The Balaban J connectivity index is 1.63. The van der Waals surface area contributed by atoms with Gasteiger partial charge in [0, 0.05) is 33.1 Å². The predicted molar refractivity (Wildman–Crippen MR) is 102 cm³/mol. The zero-order chi connectivity index (χ0) is 19.6. The summed E-state index contributed by atoms with van der Waals surface area (Å²) < 4.78 is 27.4. The normalized spacial score (nSPS) is 18.1. The first kappa shape index (κ1) is 19.8. The lowest BCUT2D eigenvalue weighted by molar-refractivity contribution is -0.138. The van der Waals surface area contributed by atoms with Gasteiger partial charge in [0.1, 0.15) is 0 Å². The number of rotatable bonds is 5. The van der Waals surface area contributed by atoms with Crippen molar-refractivity contribution in [3.8, 4) is 0 Å². The van der Waals surface area contributed by atoms with Crippen molar-refractivity contribution in [2.75, 3.05) is 33.7 Å². The Labute approximate surface area is 160 Å². The van der Waals surface area contributed by atoms with Crippen LogP contribution in [0.15, 0.2) is 23.1 Å². The van der Waals surface area contributed by atoms with Crippen LogP contribution in [0, 0.1) is 5.92 Å². The SMILES string of the molecule is CNC(=O)CN(C)C(=O)C1CCN(S(=O)(=O)c2ccc3c(c2)CCC3)CC1. The van der Waals surface area contributed by atoms with E-state index >= 15 is 0 Å². The molecule has 2 aliphatic rings. The fourth-order valence-electron chi connectivity index (χ4n) is 3.88. The molecular formula is C19H27N3O4S. The summed E-state index contributed by atoms with van der Waals surface area (Å²) in [5.74, 6) is -0.568. The number of carbonyl (C=O) groups is 2. The van der Waals surface area contributed by atoms with Gasteiger partial charge in [0.25, 0.3) is 0 Å². The minimum Gasteiger partial charge on any atom is -0.358 e. The zero-order valence-electron chi connectivity index (χ0n) is 15.9. The molecule has 8 heteroatoms. The molecule has 0 atom stereocenters. The minimum atomic E-state index is -3.53. The van der Waals surface area contributed by atoms with Gasteiger partial charge in [0.15, 0.2) is 0 Å². The third-order valence-corrected chi connectivity index (χ3v) is 7.44. The molecule has 1 aliphatic heterocycles. The quantitative estimate of drug-likeness (QED) is 0.801. The van der Waals surface area contributed by atoms with E-state index in [2.05, 4.69) is 5.32 Å². The van der Waals surface area contributed by atoms with Crippen molar-refractivity contribution in [2.24, 2.45) is 5.92 Å². The molecule has 7 nitrogen and oxygen atoms in total. The van der Waals surface area contributed by atoms with Gasteiger partial charge in [-0.1, -0.05) is 6.07 Å². The number of amides is 2. The van der Waals surface area contributed by atoms with Gasteiger partial charge in [-0.25, -0.2) is 8.42 Å². The van der Waals surface area contributed by atoms with Gasteiger partial charge in [-0.2, -0.15) is 4.31 Å². The van der Waals surface area contributed by atoms with Gasteiger partial charge in [-0.05, 0) is 55.4 Å². The lowest BCUT2D eigenvalue weighted by Crippen LogP contribution is -2.45. The summed E-state index contributed by atoms with van der Waals surface area (Å²) >= 11 is 0. The smallest absolute Gasteiger partial charge is 0.243 e. The third kappa shape index (κ3) is 4.16. The molecule has 2 amide bonds. The minimum absolute atomic E-state index is 0.0168. The highest BCUT2D eigenvalue weighted by Gasteiger charge is 2.33. The molecule has 1 saturated heterocycles. The van der Waals surface area contributed by atoms with Crippen LogP contribution in [0.25, 0.3) is 0 Å². The molecule has 1 aromatic rings. The first-order chi connectivity index (χ1) is 12.8. The molecule has 0 spiro atoms. The second-order valence-electron chi connectivity index (χ2n) is 7.33. The number of hydrogen-bond acceptors (Lipinski definition) is 4. The summed E-state index contributed by atoms with van der Waals surface area (Å²) in [5.41, 5.74) is 2.38. The van der Waals surface area contributed by atoms with Gasteiger partial charge in [-0.15, -0.1) is 0 Å². The second-order valence-corrected chi connectivity index (χ2v) is 9.27. The van der Waals surface area contributed by atoms with Gasteiger partial charge >= 0.3 is 0 Å². The highest BCUT2D eigenvalue weighted by atomic mass is 32.2. The number of nitrogens with one attached hydrogen (secondary N) is 1. The summed E-state index contributed by atoms with van der Waals surface area (Å²) in [4.78, 5) is 25.7. The Hall–Kier alpha value is -1.93. The molecule has 148 valence electrons. The maximum absolute atomic E-state index is 13.0. The summed E-state index contributed by atoms with van der Waals surface area (Å²) in [5, 5.41) is 2.50. The van der Waals surface area contributed by atoms with E-state index in [9.17, 15) is 18.0 Å². The Morgan fingerprint density at radius 3 is 2.52 bits per heavy atom. The van der Waals surface area contributed by atoms with E-state index in [1.54, 1.807) is 13.1 Å². The van der Waals surface area contributed by atoms with Crippen molar-refractivity contribution >= 4 is 21.8 Å². The van der Waals surface area contributed by atoms with E-state index in [1.165, 1.54) is 21.8 Å². The third-order valence-electron chi connectivity index (χ3n) is 5.55. The van der Waals surface area contributed by atoms with Crippen LogP contribution >= 0.6 is 0 Å². The Morgan fingerprint density at radius 2 is 1.85 bits per heavy atom. The van der Waals surface area contributed by atoms with Crippen molar-refractivity contribution in [2.45, 2.75) is 37.0 Å². The number of carbonyl (C=O) groups excluding carboxylic acids is 2. The van der Waals surface area contributed by atoms with Crippen LogP contribution in [0.3, 0.4) is 0 Å². The monoisotopic (exact) mass is 393 g/mol. The maximum Gasteiger partial charge on any atom is 0.243 e. The molecule has 1 aromatic carbocycles. The van der Waals surface area contributed by atoms with Crippen LogP contribution in [0.1, 0.15) is 30.4 Å². The molecule has 27 heavy (non-hydrogen) atoms. The summed E-state index contributed by atoms with van der Waals surface area (Å²) in [6.45, 7) is 0.663. The van der Waals surface area contributed by atoms with Crippen molar-refractivity contribution in [1.29, 1.82) is 0 Å². The van der Waals surface area contributed by atoms with Gasteiger partial charge in [-0.3, -0.25) is 9.59 Å². The lowest BCUT2D eigenvalue weighted by Gasteiger charge is -2.32. The first-order valence-electron chi connectivity index (χ1n) is 9.40. The van der Waals surface area contributed by atoms with Crippen LogP contribution < -0.4 is 5.32 Å². The molecule has 0 unspecified atom stereocenters. The number of likely N-dealkylation sites (N-methyl/N-ethyl adjacent to an activating group) is 2. The zero-order valence-corrected chi connectivity index (χ0v) is 16.7. The number of piperidine rings is 1. The average Bonchev–Trinajstić information content (AvgIpc) is 3.15. The molecule has 1 heterocycles. The second kappa shape index (κ2) is 7.98. The summed E-state index contributed by atoms with van der Waals surface area (Å²) in [6, 6.07) is 5.44. The number of nitrogens with zero attached hydrogens (tertiary/aromatic N) is 2. The van der Waals surface area contributed by atoms with Gasteiger partial charge < -0.3 is 10.2 Å². The number of aryl methyl sites for hydroxylation is 2. The fraction of sp³-hybridized carbons (Fsp3) is 0.579. The van der Waals surface area contributed by atoms with Crippen molar-refractivity contribution in [3.05, 3.63) is 29.3 Å². The number of benzene rings is 1.